The van der Waals surface area contributed by atoms with Gasteiger partial charge in [-0.2, -0.15) is 0 Å². The number of aryl methyl sites for hydroxylation is 1. The molecule has 0 unspecified atom stereocenters. The minimum atomic E-state index is -3.49. The van der Waals surface area contributed by atoms with Gasteiger partial charge in [-0.15, -0.1) is 0 Å². The molecule has 0 radical (unpaired) electrons. The first kappa shape index (κ1) is 21.1. The smallest absolute Gasteiger partial charge is 0.240 e. The predicted octanol–water partition coefficient (Wildman–Crippen LogP) is 4.21. The van der Waals surface area contributed by atoms with Crippen LogP contribution < -0.4 is 9.62 Å². The second-order valence-corrected chi connectivity index (χ2v) is 10.3. The third kappa shape index (κ3) is 4.60. The van der Waals surface area contributed by atoms with E-state index in [4.69, 9.17) is 0 Å². The summed E-state index contributed by atoms with van der Waals surface area (Å²) in [7, 11) is -3.49. The molecule has 1 fully saturated rings. The molecule has 1 atom stereocenters. The Bertz CT molecular complexity index is 995. The fraction of sp³-hybridized carbons (Fsp3) is 0.458. The highest BCUT2D eigenvalue weighted by atomic mass is 32.2. The zero-order chi connectivity index (χ0) is 21.1. The summed E-state index contributed by atoms with van der Waals surface area (Å²) in [6.45, 7) is 2.08. The van der Waals surface area contributed by atoms with E-state index in [1.165, 1.54) is 12.0 Å². The number of hydrogen-bond donors (Lipinski definition) is 1. The van der Waals surface area contributed by atoms with Crippen LogP contribution >= 0.6 is 0 Å². The molecule has 6 heteroatoms. The zero-order valence-corrected chi connectivity index (χ0v) is 18.3. The molecular weight excluding hydrogens is 396 g/mol. The lowest BCUT2D eigenvalue weighted by Crippen LogP contribution is -2.36. The second kappa shape index (κ2) is 8.90. The van der Waals surface area contributed by atoms with E-state index < -0.39 is 10.0 Å². The summed E-state index contributed by atoms with van der Waals surface area (Å²) in [5, 5.41) is 0. The Morgan fingerprint density at radius 3 is 2.47 bits per heavy atom. The fourth-order valence-electron chi connectivity index (χ4n) is 4.66. The molecular formula is C24H30N2O3S. The Kier molecular flexibility index (Phi) is 6.25. The van der Waals surface area contributed by atoms with Gasteiger partial charge in [0.05, 0.1) is 4.90 Å². The van der Waals surface area contributed by atoms with Crippen molar-refractivity contribution < 1.29 is 13.2 Å². The van der Waals surface area contributed by atoms with Gasteiger partial charge in [0, 0.05) is 24.2 Å². The Morgan fingerprint density at radius 1 is 1.03 bits per heavy atom. The first-order valence-corrected chi connectivity index (χ1v) is 12.4. The van der Waals surface area contributed by atoms with Gasteiger partial charge in [0.1, 0.15) is 0 Å². The van der Waals surface area contributed by atoms with Gasteiger partial charge in [-0.3, -0.25) is 4.79 Å². The topological polar surface area (TPSA) is 66.5 Å². The van der Waals surface area contributed by atoms with Gasteiger partial charge < -0.3 is 4.90 Å². The maximum atomic E-state index is 12.9. The summed E-state index contributed by atoms with van der Waals surface area (Å²) in [6.07, 6.45) is 7.08. The van der Waals surface area contributed by atoms with Crippen LogP contribution in [0.25, 0.3) is 0 Å². The van der Waals surface area contributed by atoms with Gasteiger partial charge in [0.25, 0.3) is 0 Å². The predicted molar refractivity (Wildman–Crippen MR) is 119 cm³/mol. The fourth-order valence-corrected chi connectivity index (χ4v) is 5.97. The molecule has 0 bridgehead atoms. The number of carbonyl (C=O) groups excluding carboxylic acids is 1. The molecule has 0 spiro atoms. The third-order valence-electron chi connectivity index (χ3n) is 6.26. The van der Waals surface area contributed by atoms with Crippen molar-refractivity contribution in [2.45, 2.75) is 75.3 Å². The number of amides is 1. The molecule has 1 N–H and O–H groups in total. The van der Waals surface area contributed by atoms with Crippen LogP contribution in [-0.2, 0) is 27.7 Å². The van der Waals surface area contributed by atoms with Crippen LogP contribution in [0.3, 0.4) is 0 Å². The number of carbonyl (C=O) groups is 1. The second-order valence-electron chi connectivity index (χ2n) is 8.55. The normalized spacial score (nSPS) is 19.6. The number of sulfonamides is 1. The molecule has 0 saturated heterocycles. The largest absolute Gasteiger partial charge is 0.309 e. The molecule has 1 amide bonds. The van der Waals surface area contributed by atoms with Crippen molar-refractivity contribution in [3.05, 3.63) is 59.7 Å². The Balaban J connectivity index is 1.36. The lowest BCUT2D eigenvalue weighted by atomic mass is 9.96. The number of para-hydroxylation sites is 1. The van der Waals surface area contributed by atoms with Crippen molar-refractivity contribution in [2.24, 2.45) is 0 Å². The molecule has 160 valence electrons. The molecule has 4 rings (SSSR count). The molecule has 1 aliphatic carbocycles. The summed E-state index contributed by atoms with van der Waals surface area (Å²) >= 11 is 0. The van der Waals surface area contributed by atoms with Crippen LogP contribution in [0.5, 0.6) is 0 Å². The standard InChI is InChI=1S/C24H30N2O3S/c1-18-17-20-7-5-6-10-23(20)26(18)24(27)16-13-19-11-14-22(15-12-19)30(28,29)25-21-8-3-2-4-9-21/h5-7,10-12,14-15,18,21,25H,2-4,8-9,13,16-17H2,1H3/t18-/m1/s1. The highest BCUT2D eigenvalue weighted by molar-refractivity contribution is 7.89. The number of fused-ring (bicyclic) bond motifs is 1. The van der Waals surface area contributed by atoms with E-state index in [2.05, 4.69) is 17.7 Å². The molecule has 1 heterocycles. The van der Waals surface area contributed by atoms with Crippen LogP contribution in [-0.4, -0.2) is 26.4 Å². The molecule has 0 aromatic heterocycles. The molecule has 2 aromatic carbocycles. The molecule has 1 aliphatic heterocycles. The monoisotopic (exact) mass is 426 g/mol. The van der Waals surface area contributed by atoms with E-state index in [0.29, 0.717) is 17.7 Å². The van der Waals surface area contributed by atoms with Gasteiger partial charge in [0.2, 0.25) is 15.9 Å². The summed E-state index contributed by atoms with van der Waals surface area (Å²) in [5.41, 5.74) is 3.21. The summed E-state index contributed by atoms with van der Waals surface area (Å²) in [5.74, 6) is 0.114. The third-order valence-corrected chi connectivity index (χ3v) is 7.80. The van der Waals surface area contributed by atoms with Crippen molar-refractivity contribution in [1.82, 2.24) is 4.72 Å². The summed E-state index contributed by atoms with van der Waals surface area (Å²) < 4.78 is 28.1. The SMILES string of the molecule is C[C@@H]1Cc2ccccc2N1C(=O)CCc1ccc(S(=O)(=O)NC2CCCCC2)cc1. The Labute approximate surface area is 179 Å². The zero-order valence-electron chi connectivity index (χ0n) is 17.5. The van der Waals surface area contributed by atoms with E-state index in [0.717, 1.165) is 43.4 Å². The van der Waals surface area contributed by atoms with E-state index in [1.54, 1.807) is 12.1 Å². The van der Waals surface area contributed by atoms with Gasteiger partial charge in [-0.25, -0.2) is 13.1 Å². The number of nitrogens with zero attached hydrogens (tertiary/aromatic N) is 1. The van der Waals surface area contributed by atoms with Crippen molar-refractivity contribution in [3.63, 3.8) is 0 Å². The van der Waals surface area contributed by atoms with Crippen molar-refractivity contribution in [3.8, 4) is 0 Å². The van der Waals surface area contributed by atoms with Crippen LogP contribution in [0, 0.1) is 0 Å². The molecule has 2 aliphatic rings. The number of hydrogen-bond acceptors (Lipinski definition) is 3. The van der Waals surface area contributed by atoms with Crippen molar-refractivity contribution in [2.75, 3.05) is 4.90 Å². The summed E-state index contributed by atoms with van der Waals surface area (Å²) in [6, 6.07) is 15.2. The van der Waals surface area contributed by atoms with Crippen molar-refractivity contribution in [1.29, 1.82) is 0 Å². The molecule has 5 nitrogen and oxygen atoms in total. The Morgan fingerprint density at radius 2 is 1.73 bits per heavy atom. The average molecular weight is 427 g/mol. The number of anilines is 1. The van der Waals surface area contributed by atoms with Crippen LogP contribution in [0.15, 0.2) is 53.4 Å². The minimum absolute atomic E-state index is 0.0476. The van der Waals surface area contributed by atoms with E-state index in [-0.39, 0.29) is 18.0 Å². The minimum Gasteiger partial charge on any atom is -0.309 e. The number of rotatable bonds is 6. The quantitative estimate of drug-likeness (QED) is 0.752. The number of benzene rings is 2. The average Bonchev–Trinajstić information content (AvgIpc) is 3.08. The highest BCUT2D eigenvalue weighted by Gasteiger charge is 2.30. The maximum Gasteiger partial charge on any atom is 0.240 e. The van der Waals surface area contributed by atoms with E-state index in [1.807, 2.05) is 35.2 Å². The van der Waals surface area contributed by atoms with Gasteiger partial charge in [-0.05, 0) is 61.9 Å². The highest BCUT2D eigenvalue weighted by Crippen LogP contribution is 2.32. The van der Waals surface area contributed by atoms with Crippen LogP contribution in [0.1, 0.15) is 56.6 Å². The maximum absolute atomic E-state index is 12.9. The first-order chi connectivity index (χ1) is 14.4. The Hall–Kier alpha value is -2.18. The molecule has 30 heavy (non-hydrogen) atoms. The van der Waals surface area contributed by atoms with Gasteiger partial charge in [-0.1, -0.05) is 49.6 Å². The van der Waals surface area contributed by atoms with Crippen molar-refractivity contribution >= 4 is 21.6 Å². The van der Waals surface area contributed by atoms with E-state index >= 15 is 0 Å². The lowest BCUT2D eigenvalue weighted by molar-refractivity contribution is -0.118. The van der Waals surface area contributed by atoms with Crippen LogP contribution in [0.2, 0.25) is 0 Å². The van der Waals surface area contributed by atoms with E-state index in [9.17, 15) is 13.2 Å². The van der Waals surface area contributed by atoms with Crippen LogP contribution in [0.4, 0.5) is 5.69 Å². The number of nitrogens with one attached hydrogen (secondary N) is 1. The van der Waals surface area contributed by atoms with Gasteiger partial charge >= 0.3 is 0 Å². The molecule has 2 aromatic rings. The lowest BCUT2D eigenvalue weighted by Gasteiger charge is -2.23. The summed E-state index contributed by atoms with van der Waals surface area (Å²) in [4.78, 5) is 15.1. The molecule has 1 saturated carbocycles. The first-order valence-electron chi connectivity index (χ1n) is 11.0. The van der Waals surface area contributed by atoms with Gasteiger partial charge in [0.15, 0.2) is 0 Å².